The van der Waals surface area contributed by atoms with Gasteiger partial charge in [0.25, 0.3) is 0 Å². The summed E-state index contributed by atoms with van der Waals surface area (Å²) in [4.78, 5) is 0. The number of aryl methyl sites for hydroxylation is 2. The molecule has 2 aromatic heterocycles. The zero-order chi connectivity index (χ0) is 15.7. The Bertz CT molecular complexity index is 732. The van der Waals surface area contributed by atoms with Gasteiger partial charge in [0.1, 0.15) is 29.0 Å². The Balaban J connectivity index is 2.18. The predicted octanol–water partition coefficient (Wildman–Crippen LogP) is 4.36. The molecule has 22 heavy (non-hydrogen) atoms. The molecule has 0 radical (unpaired) electrons. The van der Waals surface area contributed by atoms with Crippen LogP contribution in [0.5, 0.6) is 0 Å². The molecule has 0 aliphatic heterocycles. The Hall–Kier alpha value is -2.50. The summed E-state index contributed by atoms with van der Waals surface area (Å²) in [5, 5.41) is 20.7. The minimum Gasteiger partial charge on any atom is -0.733 e. The number of furan rings is 2. The van der Waals surface area contributed by atoms with Crippen LogP contribution in [-0.2, 0) is 0 Å². The Kier molecular flexibility index (Phi) is 3.75. The number of nitrogens with zero attached hydrogens (tertiary/aromatic N) is 1. The molecule has 1 N–H and O–H groups in total. The molecule has 0 saturated heterocycles. The largest absolute Gasteiger partial charge is 0.733 e. The average Bonchev–Trinajstić information content (AvgIpc) is 3.09. The molecule has 2 heterocycles. The van der Waals surface area contributed by atoms with E-state index in [-0.39, 0.29) is 10.9 Å². The SMILES string of the molecule is Cc1ccc(C(c2ccc(C)o2)c2ccccc2N([O-])O)o1. The van der Waals surface area contributed by atoms with Crippen molar-refractivity contribution < 1.29 is 14.0 Å². The van der Waals surface area contributed by atoms with Gasteiger partial charge >= 0.3 is 0 Å². The lowest BCUT2D eigenvalue weighted by molar-refractivity contribution is 0.295. The quantitative estimate of drug-likeness (QED) is 0.724. The number of anilines is 1. The van der Waals surface area contributed by atoms with Crippen LogP contribution in [0.15, 0.2) is 57.4 Å². The predicted molar refractivity (Wildman–Crippen MR) is 81.9 cm³/mol. The normalized spacial score (nSPS) is 11.1. The Morgan fingerprint density at radius 2 is 1.45 bits per heavy atom. The number of hydrogen-bond acceptors (Lipinski definition) is 5. The third-order valence-electron chi connectivity index (χ3n) is 3.55. The van der Waals surface area contributed by atoms with E-state index >= 15 is 0 Å². The number of para-hydroxylation sites is 1. The van der Waals surface area contributed by atoms with Crippen LogP contribution in [-0.4, -0.2) is 5.21 Å². The van der Waals surface area contributed by atoms with Crippen LogP contribution in [0.4, 0.5) is 5.69 Å². The molecule has 114 valence electrons. The summed E-state index contributed by atoms with van der Waals surface area (Å²) < 4.78 is 11.5. The number of benzene rings is 1. The van der Waals surface area contributed by atoms with Crippen molar-refractivity contribution in [2.75, 3.05) is 5.23 Å². The van der Waals surface area contributed by atoms with Crippen LogP contribution in [0.1, 0.15) is 34.5 Å². The average molecular weight is 298 g/mol. The van der Waals surface area contributed by atoms with Gasteiger partial charge in [0.15, 0.2) is 0 Å². The summed E-state index contributed by atoms with van der Waals surface area (Å²) >= 11 is 0. The second-order valence-electron chi connectivity index (χ2n) is 5.16. The topological polar surface area (TPSA) is 72.8 Å². The van der Waals surface area contributed by atoms with Crippen molar-refractivity contribution >= 4 is 5.69 Å². The summed E-state index contributed by atoms with van der Waals surface area (Å²) in [5.41, 5.74) is 0.777. The molecule has 3 rings (SSSR count). The minimum atomic E-state index is -0.401. The fourth-order valence-corrected chi connectivity index (χ4v) is 2.57. The van der Waals surface area contributed by atoms with Crippen molar-refractivity contribution in [3.63, 3.8) is 0 Å². The van der Waals surface area contributed by atoms with E-state index in [9.17, 15) is 10.4 Å². The van der Waals surface area contributed by atoms with Gasteiger partial charge in [-0.2, -0.15) is 0 Å². The molecule has 5 nitrogen and oxygen atoms in total. The van der Waals surface area contributed by atoms with Gasteiger partial charge in [0.05, 0.1) is 5.69 Å². The molecule has 1 aromatic carbocycles. The highest BCUT2D eigenvalue weighted by Crippen LogP contribution is 2.38. The van der Waals surface area contributed by atoms with E-state index in [1.54, 1.807) is 24.3 Å². The Morgan fingerprint density at radius 3 is 1.91 bits per heavy atom. The second kappa shape index (κ2) is 5.71. The molecule has 0 fully saturated rings. The molecule has 5 heteroatoms. The zero-order valence-corrected chi connectivity index (χ0v) is 12.3. The highest BCUT2D eigenvalue weighted by atomic mass is 16.8. The maximum atomic E-state index is 11.5. The summed E-state index contributed by atoms with van der Waals surface area (Å²) in [7, 11) is 0. The maximum Gasteiger partial charge on any atom is 0.119 e. The lowest BCUT2D eigenvalue weighted by Crippen LogP contribution is -2.13. The van der Waals surface area contributed by atoms with Gasteiger partial charge in [-0.1, -0.05) is 18.2 Å². The summed E-state index contributed by atoms with van der Waals surface area (Å²) in [6.45, 7) is 3.71. The summed E-state index contributed by atoms with van der Waals surface area (Å²) in [6, 6.07) is 14.2. The molecule has 3 aromatic rings. The van der Waals surface area contributed by atoms with E-state index in [4.69, 9.17) is 8.83 Å². The molecule has 0 saturated carbocycles. The van der Waals surface area contributed by atoms with Gasteiger partial charge in [-0.05, 0) is 49.7 Å². The standard InChI is InChI=1S/C17H16NO4/c1-11-7-9-15(21-11)17(16-10-8-12(2)22-16)13-5-3-4-6-14(13)18(19)20/h3-10,17,19H,1-2H3/q-1. The van der Waals surface area contributed by atoms with Crippen LogP contribution in [0.2, 0.25) is 0 Å². The first-order valence-corrected chi connectivity index (χ1v) is 6.94. The van der Waals surface area contributed by atoms with Crippen LogP contribution in [0.3, 0.4) is 0 Å². The van der Waals surface area contributed by atoms with Crippen LogP contribution < -0.4 is 5.23 Å². The Labute approximate surface area is 127 Å². The van der Waals surface area contributed by atoms with E-state index in [2.05, 4.69) is 0 Å². The number of hydrogen-bond donors (Lipinski definition) is 1. The first-order chi connectivity index (χ1) is 10.6. The van der Waals surface area contributed by atoms with Gasteiger partial charge in [-0.25, -0.2) is 0 Å². The van der Waals surface area contributed by atoms with Gasteiger partial charge < -0.3 is 19.3 Å². The van der Waals surface area contributed by atoms with Crippen molar-refractivity contribution in [2.45, 2.75) is 19.8 Å². The lowest BCUT2D eigenvalue weighted by Gasteiger charge is -2.27. The van der Waals surface area contributed by atoms with E-state index < -0.39 is 5.92 Å². The molecule has 0 spiro atoms. The van der Waals surface area contributed by atoms with E-state index in [1.807, 2.05) is 38.1 Å². The third-order valence-corrected chi connectivity index (χ3v) is 3.55. The molecular weight excluding hydrogens is 282 g/mol. The minimum absolute atomic E-state index is 0.131. The molecule has 0 aliphatic rings. The monoisotopic (exact) mass is 298 g/mol. The lowest BCUT2D eigenvalue weighted by atomic mass is 9.92. The second-order valence-corrected chi connectivity index (χ2v) is 5.16. The van der Waals surface area contributed by atoms with Crippen LogP contribution >= 0.6 is 0 Å². The van der Waals surface area contributed by atoms with Gasteiger partial charge in [-0.3, -0.25) is 5.21 Å². The van der Waals surface area contributed by atoms with Gasteiger partial charge in [-0.15, -0.1) is 0 Å². The Morgan fingerprint density at radius 1 is 0.909 bits per heavy atom. The van der Waals surface area contributed by atoms with E-state index in [1.165, 1.54) is 0 Å². The highest BCUT2D eigenvalue weighted by Gasteiger charge is 2.25. The smallest absolute Gasteiger partial charge is 0.119 e. The van der Waals surface area contributed by atoms with Gasteiger partial charge in [0, 0.05) is 0 Å². The van der Waals surface area contributed by atoms with Crippen LogP contribution in [0.25, 0.3) is 0 Å². The molecule has 0 amide bonds. The third kappa shape index (κ3) is 2.64. The van der Waals surface area contributed by atoms with Crippen molar-refractivity contribution in [1.29, 1.82) is 0 Å². The fraction of sp³-hybridized carbons (Fsp3) is 0.176. The van der Waals surface area contributed by atoms with Crippen molar-refractivity contribution in [3.8, 4) is 0 Å². The molecule has 0 bridgehead atoms. The summed E-state index contributed by atoms with van der Waals surface area (Å²) in [5.74, 6) is 2.44. The van der Waals surface area contributed by atoms with Crippen molar-refractivity contribution in [3.05, 3.63) is 82.3 Å². The van der Waals surface area contributed by atoms with Gasteiger partial charge in [0.2, 0.25) is 0 Å². The zero-order valence-electron chi connectivity index (χ0n) is 12.3. The molecule has 0 unspecified atom stereocenters. The summed E-state index contributed by atoms with van der Waals surface area (Å²) in [6.07, 6.45) is 0. The van der Waals surface area contributed by atoms with E-state index in [0.717, 1.165) is 11.5 Å². The first kappa shape index (κ1) is 14.4. The maximum absolute atomic E-state index is 11.5. The molecule has 0 aliphatic carbocycles. The number of rotatable bonds is 4. The van der Waals surface area contributed by atoms with Crippen LogP contribution in [0, 0.1) is 19.1 Å². The molecule has 0 atom stereocenters. The molecular formula is C17H16NO4-. The highest BCUT2D eigenvalue weighted by molar-refractivity contribution is 5.57. The van der Waals surface area contributed by atoms with E-state index in [0.29, 0.717) is 17.1 Å². The van der Waals surface area contributed by atoms with Crippen molar-refractivity contribution in [1.82, 2.24) is 0 Å². The van der Waals surface area contributed by atoms with Crippen molar-refractivity contribution in [2.24, 2.45) is 0 Å². The first-order valence-electron chi connectivity index (χ1n) is 6.94. The fourth-order valence-electron chi connectivity index (χ4n) is 2.57.